The topological polar surface area (TPSA) is 47.0 Å². The van der Waals surface area contributed by atoms with Gasteiger partial charge in [-0.2, -0.15) is 0 Å². The molecule has 0 bridgehead atoms. The summed E-state index contributed by atoms with van der Waals surface area (Å²) in [5.41, 5.74) is 2.46. The van der Waals surface area contributed by atoms with Gasteiger partial charge in [0, 0.05) is 24.6 Å². The molecule has 2 rings (SSSR count). The lowest BCUT2D eigenvalue weighted by atomic mass is 10.0. The van der Waals surface area contributed by atoms with Crippen molar-refractivity contribution in [1.29, 1.82) is 0 Å². The summed E-state index contributed by atoms with van der Waals surface area (Å²) in [4.78, 5) is 8.33. The zero-order valence-electron chi connectivity index (χ0n) is 12.9. The van der Waals surface area contributed by atoms with Crippen molar-refractivity contribution in [2.75, 3.05) is 7.05 Å². The van der Waals surface area contributed by atoms with E-state index < -0.39 is 0 Å². The number of pyridine rings is 2. The third-order valence-corrected chi connectivity index (χ3v) is 3.33. The number of nitrogens with one attached hydrogen (secondary N) is 1. The Kier molecular flexibility index (Phi) is 5.69. The Morgan fingerprint density at radius 3 is 2.57 bits per heavy atom. The van der Waals surface area contributed by atoms with E-state index in [4.69, 9.17) is 4.74 Å². The van der Waals surface area contributed by atoms with E-state index >= 15 is 0 Å². The van der Waals surface area contributed by atoms with Crippen LogP contribution in [-0.4, -0.2) is 23.1 Å². The summed E-state index contributed by atoms with van der Waals surface area (Å²) in [6.07, 6.45) is 9.51. The molecule has 1 N–H and O–H groups in total. The van der Waals surface area contributed by atoms with Crippen molar-refractivity contribution in [3.8, 4) is 5.75 Å². The third-order valence-electron chi connectivity index (χ3n) is 3.33. The Hall–Kier alpha value is -1.94. The van der Waals surface area contributed by atoms with Crippen LogP contribution >= 0.6 is 0 Å². The van der Waals surface area contributed by atoms with Crippen LogP contribution in [0.15, 0.2) is 43.0 Å². The Labute approximate surface area is 126 Å². The molecular formula is C17H23N3O. The Morgan fingerprint density at radius 2 is 1.90 bits per heavy atom. The van der Waals surface area contributed by atoms with Crippen LogP contribution in [0, 0.1) is 0 Å². The molecule has 0 fully saturated rings. The first-order valence-electron chi connectivity index (χ1n) is 7.37. The summed E-state index contributed by atoms with van der Waals surface area (Å²) in [5.74, 6) is 0.826. The molecule has 112 valence electrons. The number of aryl methyl sites for hydroxylation is 1. The number of aromatic nitrogens is 2. The monoisotopic (exact) mass is 285 g/mol. The normalized spacial score (nSPS) is 12.4. The number of hydrogen-bond donors (Lipinski definition) is 1. The highest BCUT2D eigenvalue weighted by Crippen LogP contribution is 2.22. The molecule has 21 heavy (non-hydrogen) atoms. The largest absolute Gasteiger partial charge is 0.489 e. The van der Waals surface area contributed by atoms with Gasteiger partial charge in [0.25, 0.3) is 0 Å². The van der Waals surface area contributed by atoms with Crippen LogP contribution in [0.4, 0.5) is 0 Å². The second-order valence-corrected chi connectivity index (χ2v) is 5.36. The van der Waals surface area contributed by atoms with E-state index in [-0.39, 0.29) is 12.1 Å². The average molecular weight is 285 g/mol. The summed E-state index contributed by atoms with van der Waals surface area (Å²) in [7, 11) is 1.98. The van der Waals surface area contributed by atoms with E-state index in [2.05, 4.69) is 33.5 Å². The van der Waals surface area contributed by atoms with Gasteiger partial charge < -0.3 is 10.1 Å². The Bertz CT molecular complexity index is 543. The predicted octanol–water partition coefficient (Wildman–Crippen LogP) is 3.16. The van der Waals surface area contributed by atoms with E-state index in [1.807, 2.05) is 39.5 Å². The fraction of sp³-hybridized carbons (Fsp3) is 0.412. The van der Waals surface area contributed by atoms with Gasteiger partial charge in [-0.05, 0) is 63.1 Å². The first kappa shape index (κ1) is 15.4. The van der Waals surface area contributed by atoms with Gasteiger partial charge >= 0.3 is 0 Å². The predicted molar refractivity (Wildman–Crippen MR) is 84.4 cm³/mol. The van der Waals surface area contributed by atoms with Crippen LogP contribution in [0.25, 0.3) is 0 Å². The number of hydrogen-bond acceptors (Lipinski definition) is 4. The van der Waals surface area contributed by atoms with Crippen LogP contribution in [-0.2, 0) is 6.42 Å². The molecule has 0 saturated carbocycles. The Balaban J connectivity index is 2.03. The molecule has 2 aromatic rings. The van der Waals surface area contributed by atoms with Crippen LogP contribution in [0.5, 0.6) is 5.75 Å². The summed E-state index contributed by atoms with van der Waals surface area (Å²) in [5, 5.41) is 3.36. The van der Waals surface area contributed by atoms with E-state index in [9.17, 15) is 0 Å². The quantitative estimate of drug-likeness (QED) is 0.849. The average Bonchev–Trinajstić information content (AvgIpc) is 2.49. The smallest absolute Gasteiger partial charge is 0.138 e. The maximum Gasteiger partial charge on any atom is 0.138 e. The van der Waals surface area contributed by atoms with Gasteiger partial charge in [0.1, 0.15) is 5.75 Å². The fourth-order valence-corrected chi connectivity index (χ4v) is 2.30. The van der Waals surface area contributed by atoms with Gasteiger partial charge in [0.15, 0.2) is 0 Å². The maximum absolute atomic E-state index is 5.71. The van der Waals surface area contributed by atoms with E-state index in [0.717, 1.165) is 24.2 Å². The minimum Gasteiger partial charge on any atom is -0.489 e. The highest BCUT2D eigenvalue weighted by atomic mass is 16.5. The first-order chi connectivity index (χ1) is 10.2. The summed E-state index contributed by atoms with van der Waals surface area (Å²) in [6.45, 7) is 4.04. The minimum absolute atomic E-state index is 0.159. The van der Waals surface area contributed by atoms with Gasteiger partial charge in [-0.15, -0.1) is 0 Å². The molecule has 0 aliphatic rings. The molecule has 0 aliphatic carbocycles. The van der Waals surface area contributed by atoms with Gasteiger partial charge in [-0.3, -0.25) is 9.97 Å². The molecule has 0 amide bonds. The van der Waals surface area contributed by atoms with Crippen molar-refractivity contribution in [3.05, 3.63) is 54.1 Å². The maximum atomic E-state index is 5.71. The van der Waals surface area contributed by atoms with Crippen molar-refractivity contribution in [1.82, 2.24) is 15.3 Å². The molecule has 4 nitrogen and oxygen atoms in total. The van der Waals surface area contributed by atoms with E-state index in [0.29, 0.717) is 0 Å². The molecule has 0 radical (unpaired) electrons. The molecule has 4 heteroatoms. The molecule has 0 aromatic carbocycles. The number of ether oxygens (including phenoxy) is 1. The number of rotatable bonds is 7. The van der Waals surface area contributed by atoms with Crippen LogP contribution < -0.4 is 10.1 Å². The lowest BCUT2D eigenvalue weighted by Gasteiger charge is -2.18. The van der Waals surface area contributed by atoms with Crippen molar-refractivity contribution in [3.63, 3.8) is 0 Å². The lowest BCUT2D eigenvalue weighted by molar-refractivity contribution is 0.241. The zero-order valence-corrected chi connectivity index (χ0v) is 12.9. The fourth-order valence-electron chi connectivity index (χ4n) is 2.30. The van der Waals surface area contributed by atoms with Gasteiger partial charge in [0.2, 0.25) is 0 Å². The van der Waals surface area contributed by atoms with Crippen LogP contribution in [0.1, 0.15) is 37.4 Å². The van der Waals surface area contributed by atoms with Crippen molar-refractivity contribution in [2.24, 2.45) is 0 Å². The summed E-state index contributed by atoms with van der Waals surface area (Å²) in [6, 6.07) is 6.45. The molecule has 0 aliphatic heterocycles. The zero-order chi connectivity index (χ0) is 15.1. The SMILES string of the molecule is CNC(CCc1ccncc1)c1cncc(OC(C)C)c1. The Morgan fingerprint density at radius 1 is 1.14 bits per heavy atom. The standard InChI is InChI=1S/C17H23N3O/c1-13(2)21-16-10-15(11-20-12-16)17(18-3)5-4-14-6-8-19-9-7-14/h6-13,17-18H,4-5H2,1-3H3. The van der Waals surface area contributed by atoms with Crippen molar-refractivity contribution < 1.29 is 4.74 Å². The minimum atomic E-state index is 0.159. The van der Waals surface area contributed by atoms with Crippen molar-refractivity contribution in [2.45, 2.75) is 38.8 Å². The molecule has 0 saturated heterocycles. The van der Waals surface area contributed by atoms with Gasteiger partial charge in [-0.1, -0.05) is 0 Å². The first-order valence-corrected chi connectivity index (χ1v) is 7.37. The molecule has 1 atom stereocenters. The highest BCUT2D eigenvalue weighted by molar-refractivity contribution is 5.26. The molecule has 0 spiro atoms. The van der Waals surface area contributed by atoms with Crippen molar-refractivity contribution >= 4 is 0 Å². The molecular weight excluding hydrogens is 262 g/mol. The number of nitrogens with zero attached hydrogens (tertiary/aromatic N) is 2. The molecule has 1 unspecified atom stereocenters. The van der Waals surface area contributed by atoms with E-state index in [1.165, 1.54) is 5.56 Å². The second-order valence-electron chi connectivity index (χ2n) is 5.36. The summed E-state index contributed by atoms with van der Waals surface area (Å²) < 4.78 is 5.71. The highest BCUT2D eigenvalue weighted by Gasteiger charge is 2.11. The van der Waals surface area contributed by atoms with E-state index in [1.54, 1.807) is 6.20 Å². The lowest BCUT2D eigenvalue weighted by Crippen LogP contribution is -2.17. The molecule has 2 aromatic heterocycles. The third kappa shape index (κ3) is 4.83. The van der Waals surface area contributed by atoms with Crippen LogP contribution in [0.3, 0.4) is 0 Å². The van der Waals surface area contributed by atoms with Gasteiger partial charge in [0.05, 0.1) is 12.3 Å². The second kappa shape index (κ2) is 7.74. The van der Waals surface area contributed by atoms with Gasteiger partial charge in [-0.25, -0.2) is 0 Å². The molecule has 2 heterocycles. The van der Waals surface area contributed by atoms with Crippen LogP contribution in [0.2, 0.25) is 0 Å². The summed E-state index contributed by atoms with van der Waals surface area (Å²) >= 11 is 0.